The van der Waals surface area contributed by atoms with Crippen LogP contribution >= 0.6 is 11.3 Å². The number of hydrogen-bond donors (Lipinski definition) is 1. The number of carbonyl (C=O) groups excluding carboxylic acids is 2. The molecule has 0 aromatic carbocycles. The van der Waals surface area contributed by atoms with Gasteiger partial charge >= 0.3 is 0 Å². The Balaban J connectivity index is 1.88. The van der Waals surface area contributed by atoms with E-state index in [9.17, 15) is 9.59 Å². The van der Waals surface area contributed by atoms with Crippen LogP contribution in [0.25, 0.3) is 0 Å². The van der Waals surface area contributed by atoms with Gasteiger partial charge in [0.1, 0.15) is 0 Å². The van der Waals surface area contributed by atoms with Crippen molar-refractivity contribution in [2.24, 2.45) is 11.3 Å². The predicted molar refractivity (Wildman–Crippen MR) is 82.7 cm³/mol. The summed E-state index contributed by atoms with van der Waals surface area (Å²) in [6.45, 7) is 7.50. The van der Waals surface area contributed by atoms with Gasteiger partial charge in [-0.25, -0.2) is 4.98 Å². The van der Waals surface area contributed by atoms with E-state index >= 15 is 0 Å². The van der Waals surface area contributed by atoms with Crippen LogP contribution in [-0.2, 0) is 16.1 Å². The summed E-state index contributed by atoms with van der Waals surface area (Å²) in [4.78, 5) is 30.5. The number of rotatable bonds is 3. The second-order valence-electron chi connectivity index (χ2n) is 6.54. The lowest BCUT2D eigenvalue weighted by Gasteiger charge is -2.35. The van der Waals surface area contributed by atoms with Crippen LogP contribution in [0.15, 0.2) is 10.9 Å². The molecular weight excluding hydrogens is 286 g/mol. The number of piperidine rings is 1. The summed E-state index contributed by atoms with van der Waals surface area (Å²) in [5, 5.41) is 4.85. The molecule has 1 aromatic heterocycles. The first kappa shape index (κ1) is 15.9. The van der Waals surface area contributed by atoms with Crippen LogP contribution in [0.2, 0.25) is 0 Å². The first-order chi connectivity index (χ1) is 9.88. The molecular formula is C15H23N3O2S. The fraction of sp³-hybridized carbons (Fsp3) is 0.667. The number of nitrogens with zero attached hydrogens (tertiary/aromatic N) is 2. The number of hydrogen-bond acceptors (Lipinski definition) is 4. The van der Waals surface area contributed by atoms with E-state index in [2.05, 4.69) is 10.3 Å². The number of aromatic nitrogens is 1. The molecule has 1 aromatic rings. The quantitative estimate of drug-likeness (QED) is 0.929. The van der Waals surface area contributed by atoms with Crippen LogP contribution < -0.4 is 5.32 Å². The van der Waals surface area contributed by atoms with Crippen molar-refractivity contribution in [1.29, 1.82) is 0 Å². The van der Waals surface area contributed by atoms with Crippen molar-refractivity contribution in [1.82, 2.24) is 15.2 Å². The maximum absolute atomic E-state index is 12.3. The summed E-state index contributed by atoms with van der Waals surface area (Å²) in [5.74, 6) is 0.0394. The molecule has 2 rings (SSSR count). The van der Waals surface area contributed by atoms with Gasteiger partial charge in [0.2, 0.25) is 11.8 Å². The second kappa shape index (κ2) is 6.56. The minimum atomic E-state index is -0.390. The smallest absolute Gasteiger partial charge is 0.227 e. The molecule has 21 heavy (non-hydrogen) atoms. The lowest BCUT2D eigenvalue weighted by molar-refractivity contribution is -0.142. The van der Waals surface area contributed by atoms with Gasteiger partial charge in [-0.2, -0.15) is 0 Å². The predicted octanol–water partition coefficient (Wildman–Crippen LogP) is 2.04. The average molecular weight is 309 g/mol. The van der Waals surface area contributed by atoms with Crippen molar-refractivity contribution in [3.63, 3.8) is 0 Å². The molecule has 1 saturated heterocycles. The summed E-state index contributed by atoms with van der Waals surface area (Å²) in [6.07, 6.45) is 1.73. The molecule has 0 radical (unpaired) electrons. The van der Waals surface area contributed by atoms with E-state index < -0.39 is 0 Å². The highest BCUT2D eigenvalue weighted by atomic mass is 32.1. The molecule has 116 valence electrons. The minimum absolute atomic E-state index is 0.0226. The van der Waals surface area contributed by atoms with Crippen LogP contribution in [0.1, 0.15) is 39.3 Å². The van der Waals surface area contributed by atoms with Crippen LogP contribution in [0, 0.1) is 11.3 Å². The molecule has 2 heterocycles. The molecule has 1 aliphatic rings. The van der Waals surface area contributed by atoms with Crippen LogP contribution in [0.3, 0.4) is 0 Å². The van der Waals surface area contributed by atoms with Crippen LogP contribution in [0.5, 0.6) is 0 Å². The Morgan fingerprint density at radius 2 is 2.24 bits per heavy atom. The summed E-state index contributed by atoms with van der Waals surface area (Å²) >= 11 is 1.52. The van der Waals surface area contributed by atoms with Gasteiger partial charge in [-0.15, -0.1) is 11.3 Å². The normalized spacial score (nSPS) is 19.4. The van der Waals surface area contributed by atoms with Gasteiger partial charge in [-0.1, -0.05) is 20.8 Å². The zero-order valence-electron chi connectivity index (χ0n) is 12.9. The van der Waals surface area contributed by atoms with E-state index in [1.54, 1.807) is 5.51 Å². The summed E-state index contributed by atoms with van der Waals surface area (Å²) in [7, 11) is 0. The summed E-state index contributed by atoms with van der Waals surface area (Å²) in [6, 6.07) is 0. The van der Waals surface area contributed by atoms with Gasteiger partial charge in [0.15, 0.2) is 0 Å². The summed E-state index contributed by atoms with van der Waals surface area (Å²) < 4.78 is 0. The highest BCUT2D eigenvalue weighted by molar-refractivity contribution is 7.07. The summed E-state index contributed by atoms with van der Waals surface area (Å²) in [5.41, 5.74) is 2.25. The van der Waals surface area contributed by atoms with Crippen molar-refractivity contribution < 1.29 is 9.59 Å². The number of thiazole rings is 1. The zero-order chi connectivity index (χ0) is 15.5. The first-order valence-electron chi connectivity index (χ1n) is 7.32. The molecule has 2 amide bonds. The SMILES string of the molecule is CC(C)(C)C(=O)N1CCCC(C(=O)NCc2cscn2)C1. The van der Waals surface area contributed by atoms with E-state index in [1.165, 1.54) is 11.3 Å². The maximum Gasteiger partial charge on any atom is 0.227 e. The van der Waals surface area contributed by atoms with Gasteiger partial charge < -0.3 is 10.2 Å². The molecule has 0 bridgehead atoms. The molecule has 0 aliphatic carbocycles. The zero-order valence-corrected chi connectivity index (χ0v) is 13.7. The van der Waals surface area contributed by atoms with Gasteiger partial charge in [0, 0.05) is 23.9 Å². The number of likely N-dealkylation sites (tertiary alicyclic amines) is 1. The van der Waals surface area contributed by atoms with Gasteiger partial charge in [-0.3, -0.25) is 9.59 Å². The Morgan fingerprint density at radius 1 is 1.48 bits per heavy atom. The Kier molecular flexibility index (Phi) is 4.98. The molecule has 1 fully saturated rings. The van der Waals surface area contributed by atoms with Crippen LogP contribution in [-0.4, -0.2) is 34.8 Å². The molecule has 1 aliphatic heterocycles. The largest absolute Gasteiger partial charge is 0.350 e. The van der Waals surface area contributed by atoms with E-state index in [0.29, 0.717) is 13.1 Å². The van der Waals surface area contributed by atoms with Crippen molar-refractivity contribution in [3.05, 3.63) is 16.6 Å². The highest BCUT2D eigenvalue weighted by Gasteiger charge is 2.33. The Bertz CT molecular complexity index is 494. The van der Waals surface area contributed by atoms with Crippen molar-refractivity contribution >= 4 is 23.2 Å². The third-order valence-electron chi connectivity index (χ3n) is 3.65. The maximum atomic E-state index is 12.3. The highest BCUT2D eigenvalue weighted by Crippen LogP contribution is 2.23. The third-order valence-corrected chi connectivity index (χ3v) is 4.28. The molecule has 1 N–H and O–H groups in total. The fourth-order valence-corrected chi connectivity index (χ4v) is 3.06. The number of carbonyl (C=O) groups is 2. The average Bonchev–Trinajstić information content (AvgIpc) is 2.96. The topological polar surface area (TPSA) is 62.3 Å². The number of nitrogens with one attached hydrogen (secondary N) is 1. The molecule has 0 spiro atoms. The van der Waals surface area contributed by atoms with Crippen LogP contribution in [0.4, 0.5) is 0 Å². The van der Waals surface area contributed by atoms with E-state index in [4.69, 9.17) is 0 Å². The molecule has 1 unspecified atom stereocenters. The molecule has 5 nitrogen and oxygen atoms in total. The van der Waals surface area contributed by atoms with Crippen molar-refractivity contribution in [3.8, 4) is 0 Å². The monoisotopic (exact) mass is 309 g/mol. The van der Waals surface area contributed by atoms with Crippen molar-refractivity contribution in [2.45, 2.75) is 40.2 Å². The van der Waals surface area contributed by atoms with E-state index in [1.807, 2.05) is 31.1 Å². The van der Waals surface area contributed by atoms with Crippen molar-refractivity contribution in [2.75, 3.05) is 13.1 Å². The minimum Gasteiger partial charge on any atom is -0.350 e. The Hall–Kier alpha value is -1.43. The van der Waals surface area contributed by atoms with Gasteiger partial charge in [0.25, 0.3) is 0 Å². The number of amides is 2. The molecule has 1 atom stereocenters. The lowest BCUT2D eigenvalue weighted by Crippen LogP contribution is -2.48. The van der Waals surface area contributed by atoms with Gasteiger partial charge in [0.05, 0.1) is 23.7 Å². The van der Waals surface area contributed by atoms with Gasteiger partial charge in [-0.05, 0) is 12.8 Å². The fourth-order valence-electron chi connectivity index (χ4n) is 2.50. The molecule has 0 saturated carbocycles. The lowest BCUT2D eigenvalue weighted by atomic mass is 9.91. The Morgan fingerprint density at radius 3 is 2.86 bits per heavy atom. The first-order valence-corrected chi connectivity index (χ1v) is 8.26. The molecule has 6 heteroatoms. The standard InChI is InChI=1S/C15H23N3O2S/c1-15(2,3)14(20)18-6-4-5-11(8-18)13(19)16-7-12-9-21-10-17-12/h9-11H,4-8H2,1-3H3,(H,16,19). The van der Waals surface area contributed by atoms with E-state index in [0.717, 1.165) is 25.1 Å². The third kappa shape index (κ3) is 4.27. The Labute approximate surface area is 129 Å². The second-order valence-corrected chi connectivity index (χ2v) is 7.26. The van der Waals surface area contributed by atoms with E-state index in [-0.39, 0.29) is 23.1 Å².